The lowest BCUT2D eigenvalue weighted by atomic mass is 9.61. The molecule has 2 aromatic carbocycles. The van der Waals surface area contributed by atoms with Gasteiger partial charge in [-0.05, 0) is 83.6 Å². The summed E-state index contributed by atoms with van der Waals surface area (Å²) in [4.78, 5) is 67.1. The molecular weight excluding hydrogens is 602 g/mol. The molecule has 1 N–H and O–H groups in total. The van der Waals surface area contributed by atoms with Crippen LogP contribution < -0.4 is 9.64 Å². The number of amides is 2. The van der Waals surface area contributed by atoms with Gasteiger partial charge in [-0.3, -0.25) is 28.9 Å². The largest absolute Gasteiger partial charge is 0.504 e. The number of ketones is 3. The molecule has 0 radical (unpaired) electrons. The second-order valence-corrected chi connectivity index (χ2v) is 11.7. The normalized spacial score (nSPS) is 25.3. The maximum atomic E-state index is 13.9. The predicted octanol–water partition coefficient (Wildman–Crippen LogP) is 5.12. The minimum absolute atomic E-state index is 0.00801. The number of Topliss-reactive ketones (excluding diaryl/α,β-unsaturated/α-hetero) is 2. The Morgan fingerprint density at radius 3 is 2.48 bits per heavy atom. The molecule has 0 spiro atoms. The van der Waals surface area contributed by atoms with Crippen LogP contribution in [0.5, 0.6) is 11.5 Å². The number of carbonyl (C=O) groups is 5. The van der Waals surface area contributed by atoms with Crippen molar-refractivity contribution in [2.24, 2.45) is 23.7 Å². The third-order valence-electron chi connectivity index (χ3n) is 8.60. The number of carbonyl (C=O) groups excluding carboxylic acids is 5. The van der Waals surface area contributed by atoms with Crippen molar-refractivity contribution in [3.63, 3.8) is 0 Å². The van der Waals surface area contributed by atoms with E-state index >= 15 is 0 Å². The first-order valence-electron chi connectivity index (χ1n) is 13.5. The summed E-state index contributed by atoms with van der Waals surface area (Å²) in [6.07, 6.45) is 7.35. The summed E-state index contributed by atoms with van der Waals surface area (Å²) < 4.78 is 5.38. The molecule has 0 aromatic heterocycles. The Morgan fingerprint density at radius 1 is 1.05 bits per heavy atom. The number of phenols is 1. The second-order valence-electron chi connectivity index (χ2n) is 10.8. The van der Waals surface area contributed by atoms with E-state index in [-0.39, 0.29) is 45.8 Å². The van der Waals surface area contributed by atoms with E-state index in [0.717, 1.165) is 5.57 Å². The number of methoxy groups -OCH3 is 1. The predicted molar refractivity (Wildman–Crippen MR) is 158 cm³/mol. The highest BCUT2D eigenvalue weighted by molar-refractivity contribution is 9.12. The van der Waals surface area contributed by atoms with Crippen LogP contribution in [-0.2, 0) is 19.2 Å². The molecule has 6 rings (SSSR count). The van der Waals surface area contributed by atoms with Gasteiger partial charge in [0.2, 0.25) is 11.8 Å². The van der Waals surface area contributed by atoms with Crippen LogP contribution in [0.3, 0.4) is 0 Å². The highest BCUT2D eigenvalue weighted by atomic mass is 79.9. The number of anilines is 1. The van der Waals surface area contributed by atoms with Crippen molar-refractivity contribution in [1.29, 1.82) is 0 Å². The molecule has 8 nitrogen and oxygen atoms in total. The number of nitrogens with zero attached hydrogens (tertiary/aromatic N) is 1. The van der Waals surface area contributed by atoms with Crippen LogP contribution in [0, 0.1) is 23.7 Å². The zero-order valence-corrected chi connectivity index (χ0v) is 24.4. The molecule has 0 saturated carbocycles. The number of phenolic OH excluding ortho intramolecular Hbond substituents is 1. The minimum atomic E-state index is -0.698. The van der Waals surface area contributed by atoms with E-state index in [9.17, 15) is 29.1 Å². The van der Waals surface area contributed by atoms with Crippen LogP contribution in [0.25, 0.3) is 6.08 Å². The molecule has 1 saturated heterocycles. The maximum Gasteiger partial charge on any atom is 0.238 e. The van der Waals surface area contributed by atoms with E-state index in [4.69, 9.17) is 4.74 Å². The number of benzene rings is 2. The lowest BCUT2D eigenvalue weighted by molar-refractivity contribution is -0.123. The molecule has 4 aliphatic rings. The lowest BCUT2D eigenvalue weighted by Crippen LogP contribution is -2.40. The molecular formula is C33H26BrNO7. The fourth-order valence-electron chi connectivity index (χ4n) is 6.59. The first-order chi connectivity index (χ1) is 20.1. The number of hydrogen-bond donors (Lipinski definition) is 1. The molecule has 0 bridgehead atoms. The molecule has 4 atom stereocenters. The van der Waals surface area contributed by atoms with Crippen LogP contribution in [0.4, 0.5) is 5.69 Å². The minimum Gasteiger partial charge on any atom is -0.504 e. The molecule has 3 aliphatic carbocycles. The van der Waals surface area contributed by atoms with Gasteiger partial charge in [-0.2, -0.15) is 0 Å². The Kier molecular flexibility index (Phi) is 6.93. The van der Waals surface area contributed by atoms with Crippen LogP contribution in [0.15, 0.2) is 81.9 Å². The van der Waals surface area contributed by atoms with Crippen molar-refractivity contribution < 1.29 is 33.8 Å². The van der Waals surface area contributed by atoms with Gasteiger partial charge >= 0.3 is 0 Å². The van der Waals surface area contributed by atoms with Gasteiger partial charge in [0, 0.05) is 28.7 Å². The number of halogens is 1. The third kappa shape index (κ3) is 4.39. The summed E-state index contributed by atoms with van der Waals surface area (Å²) in [5, 5.41) is 9.99. The summed E-state index contributed by atoms with van der Waals surface area (Å²) in [6.45, 7) is 1.45. The molecule has 1 fully saturated rings. The fraction of sp³-hybridized carbons (Fsp3) is 0.242. The van der Waals surface area contributed by atoms with Crippen molar-refractivity contribution in [2.45, 2.75) is 19.8 Å². The van der Waals surface area contributed by atoms with E-state index in [1.54, 1.807) is 42.5 Å². The Morgan fingerprint density at radius 2 is 1.79 bits per heavy atom. The van der Waals surface area contributed by atoms with Crippen LogP contribution in [0.1, 0.15) is 35.7 Å². The molecule has 2 amide bonds. The Bertz CT molecular complexity index is 1710. The van der Waals surface area contributed by atoms with Gasteiger partial charge in [-0.15, -0.1) is 0 Å². The third-order valence-corrected chi connectivity index (χ3v) is 9.19. The van der Waals surface area contributed by atoms with Crippen LogP contribution in [0.2, 0.25) is 0 Å². The second kappa shape index (κ2) is 10.5. The first-order valence-corrected chi connectivity index (χ1v) is 14.3. The average Bonchev–Trinajstić information content (AvgIpc) is 3.24. The van der Waals surface area contributed by atoms with Gasteiger partial charge in [-0.25, -0.2) is 0 Å². The lowest BCUT2D eigenvalue weighted by Gasteiger charge is -2.41. The number of aromatic hydroxyl groups is 1. The SMILES string of the molecule is COc1cc(C=CC2C3=CCC4C(=O)N(c5ccc(C(C)=O)cc5)C(=O)C4C3CC3=C2C(=O)C=C(Br)C3=O)ccc1O. The van der Waals surface area contributed by atoms with E-state index in [2.05, 4.69) is 15.9 Å². The number of fused-ring (bicyclic) bond motifs is 3. The number of rotatable bonds is 5. The van der Waals surface area contributed by atoms with Crippen LogP contribution in [-0.4, -0.2) is 41.4 Å². The summed E-state index contributed by atoms with van der Waals surface area (Å²) >= 11 is 3.23. The molecule has 2 aromatic rings. The standard InChI is InChI=1S/C33H26BrNO7/c1-16(36)18-5-7-19(8-6-18)35-32(40)22-11-10-20-21(9-3-17-4-12-26(37)28(13-17)42-2)29-24(14-23(20)30(22)33(35)41)31(39)25(34)15-27(29)38/h3-10,12-13,15,21-23,30,37H,11,14H2,1-2H3. The summed E-state index contributed by atoms with van der Waals surface area (Å²) in [7, 11) is 1.45. The Balaban J connectivity index is 1.40. The Labute approximate surface area is 250 Å². The van der Waals surface area contributed by atoms with E-state index < -0.39 is 23.7 Å². The first kappa shape index (κ1) is 27.8. The van der Waals surface area contributed by atoms with Gasteiger partial charge in [0.15, 0.2) is 28.8 Å². The summed E-state index contributed by atoms with van der Waals surface area (Å²) in [5.74, 6) is -3.42. The van der Waals surface area contributed by atoms with Crippen molar-refractivity contribution in [2.75, 3.05) is 12.0 Å². The number of hydrogen-bond acceptors (Lipinski definition) is 7. The highest BCUT2D eigenvalue weighted by Crippen LogP contribution is 2.53. The Hall–Kier alpha value is -4.37. The average molecular weight is 628 g/mol. The van der Waals surface area contributed by atoms with E-state index in [1.807, 2.05) is 12.2 Å². The molecule has 4 unspecified atom stereocenters. The zero-order chi connectivity index (χ0) is 29.9. The highest BCUT2D eigenvalue weighted by Gasteiger charge is 2.56. The molecule has 9 heteroatoms. The van der Waals surface area contributed by atoms with Gasteiger partial charge in [0.05, 0.1) is 29.1 Å². The summed E-state index contributed by atoms with van der Waals surface area (Å²) in [6, 6.07) is 11.3. The van der Waals surface area contributed by atoms with E-state index in [1.165, 1.54) is 31.1 Å². The van der Waals surface area contributed by atoms with E-state index in [0.29, 0.717) is 40.1 Å². The van der Waals surface area contributed by atoms with Gasteiger partial charge in [0.25, 0.3) is 0 Å². The van der Waals surface area contributed by atoms with Crippen molar-refractivity contribution >= 4 is 56.9 Å². The zero-order valence-electron chi connectivity index (χ0n) is 22.8. The topological polar surface area (TPSA) is 118 Å². The molecule has 212 valence electrons. The van der Waals surface area contributed by atoms with Crippen molar-refractivity contribution in [1.82, 2.24) is 0 Å². The molecule has 1 heterocycles. The van der Waals surface area contributed by atoms with Crippen molar-refractivity contribution in [3.05, 3.63) is 93.0 Å². The molecule has 42 heavy (non-hydrogen) atoms. The number of imide groups is 1. The van der Waals surface area contributed by atoms with Crippen molar-refractivity contribution in [3.8, 4) is 11.5 Å². The summed E-state index contributed by atoms with van der Waals surface area (Å²) in [5.41, 5.74) is 3.14. The maximum absolute atomic E-state index is 13.9. The monoisotopic (exact) mass is 627 g/mol. The number of ether oxygens (including phenoxy) is 1. The van der Waals surface area contributed by atoms with Gasteiger partial charge in [0.1, 0.15) is 0 Å². The smallest absolute Gasteiger partial charge is 0.238 e. The quantitative estimate of drug-likeness (QED) is 0.212. The van der Waals surface area contributed by atoms with Crippen LogP contribution >= 0.6 is 15.9 Å². The fourth-order valence-corrected chi connectivity index (χ4v) is 7.04. The van der Waals surface area contributed by atoms with Gasteiger partial charge in [-0.1, -0.05) is 29.9 Å². The molecule has 1 aliphatic heterocycles. The number of allylic oxidation sites excluding steroid dienone is 7. The van der Waals surface area contributed by atoms with Gasteiger partial charge < -0.3 is 9.84 Å².